The lowest BCUT2D eigenvalue weighted by atomic mass is 10.1. The van der Waals surface area contributed by atoms with Crippen LogP contribution < -0.4 is 9.62 Å². The molecule has 0 saturated carbocycles. The summed E-state index contributed by atoms with van der Waals surface area (Å²) in [5, 5.41) is 2.97. The lowest BCUT2D eigenvalue weighted by Gasteiger charge is -2.35. The number of aldehydes is 1. The minimum atomic E-state index is -4.17. The molecular weight excluding hydrogens is 395 g/mol. The van der Waals surface area contributed by atoms with E-state index in [1.807, 2.05) is 0 Å². The average molecular weight is 405 g/mol. The van der Waals surface area contributed by atoms with Gasteiger partial charge in [-0.15, -0.1) is 11.3 Å². The first-order chi connectivity index (χ1) is 11.3. The molecule has 3 rings (SSSR count). The number of benzene rings is 1. The van der Waals surface area contributed by atoms with Crippen LogP contribution in [0.5, 0.6) is 0 Å². The summed E-state index contributed by atoms with van der Waals surface area (Å²) in [6.07, 6.45) is 0.431. The van der Waals surface area contributed by atoms with E-state index in [1.54, 1.807) is 0 Å². The third-order valence-corrected chi connectivity index (χ3v) is 7.00. The highest BCUT2D eigenvalue weighted by molar-refractivity contribution is 7.93. The van der Waals surface area contributed by atoms with Crippen molar-refractivity contribution in [2.75, 3.05) is 9.62 Å². The van der Waals surface area contributed by atoms with Crippen molar-refractivity contribution in [3.05, 3.63) is 38.5 Å². The second-order valence-corrected chi connectivity index (χ2v) is 8.96. The number of carbonyl (C=O) groups is 2. The maximum Gasteiger partial charge on any atom is 0.266 e. The second kappa shape index (κ2) is 6.03. The molecule has 0 bridgehead atoms. The Morgan fingerprint density at radius 2 is 2.00 bits per heavy atom. The molecule has 0 aliphatic carbocycles. The minimum absolute atomic E-state index is 0.0197. The first-order valence-corrected chi connectivity index (χ1v) is 9.66. The predicted molar refractivity (Wildman–Crippen MR) is 93.9 cm³/mol. The Morgan fingerprint density at radius 3 is 2.67 bits per heavy atom. The molecule has 10 heteroatoms. The third kappa shape index (κ3) is 2.69. The summed E-state index contributed by atoms with van der Waals surface area (Å²) in [6.45, 7) is 1.46. The summed E-state index contributed by atoms with van der Waals surface area (Å²) in [5.74, 6) is -0.498. The van der Waals surface area contributed by atoms with Gasteiger partial charge in [0.05, 0.1) is 20.6 Å². The number of rotatable bonds is 3. The van der Waals surface area contributed by atoms with Gasteiger partial charge in [0, 0.05) is 5.02 Å². The molecule has 0 fully saturated rings. The number of nitrogens with zero attached hydrogens (tertiary/aromatic N) is 1. The van der Waals surface area contributed by atoms with Crippen molar-refractivity contribution in [1.82, 2.24) is 0 Å². The number of amides is 1. The van der Waals surface area contributed by atoms with E-state index in [0.717, 1.165) is 15.6 Å². The molecule has 2 aromatic rings. The van der Waals surface area contributed by atoms with E-state index < -0.39 is 22.0 Å². The molecular formula is C14H10Cl2N2O4S2. The fourth-order valence-corrected chi connectivity index (χ4v) is 5.86. The number of nitrogens with one attached hydrogen (secondary N) is 1. The lowest BCUT2D eigenvalue weighted by Crippen LogP contribution is -2.49. The van der Waals surface area contributed by atoms with E-state index in [-0.39, 0.29) is 25.5 Å². The SMILES string of the molecule is CC1C(=O)Nc2cc(Cl)ccc2N1S(=O)(=O)c1cc(Cl)sc1C=O. The molecule has 0 radical (unpaired) electrons. The van der Waals surface area contributed by atoms with Crippen LogP contribution in [-0.4, -0.2) is 26.7 Å². The van der Waals surface area contributed by atoms with Crippen molar-refractivity contribution in [2.24, 2.45) is 0 Å². The van der Waals surface area contributed by atoms with E-state index in [4.69, 9.17) is 23.2 Å². The quantitative estimate of drug-likeness (QED) is 0.794. The van der Waals surface area contributed by atoms with Gasteiger partial charge in [-0.3, -0.25) is 13.9 Å². The van der Waals surface area contributed by atoms with Crippen LogP contribution in [0.1, 0.15) is 16.6 Å². The van der Waals surface area contributed by atoms with E-state index in [0.29, 0.717) is 11.3 Å². The molecule has 1 aliphatic rings. The van der Waals surface area contributed by atoms with Crippen molar-refractivity contribution in [3.63, 3.8) is 0 Å². The third-order valence-electron chi connectivity index (χ3n) is 3.52. The molecule has 2 heterocycles. The smallest absolute Gasteiger partial charge is 0.266 e. The summed E-state index contributed by atoms with van der Waals surface area (Å²) in [6, 6.07) is 4.69. The number of halogens is 2. The van der Waals surface area contributed by atoms with Crippen LogP contribution in [0.15, 0.2) is 29.2 Å². The largest absolute Gasteiger partial charge is 0.322 e. The number of thiophene rings is 1. The molecule has 1 N–H and O–H groups in total. The summed E-state index contributed by atoms with van der Waals surface area (Å²) < 4.78 is 27.3. The topological polar surface area (TPSA) is 83.6 Å². The van der Waals surface area contributed by atoms with Gasteiger partial charge in [0.15, 0.2) is 6.29 Å². The zero-order valence-corrected chi connectivity index (χ0v) is 15.3. The molecule has 0 saturated heterocycles. The van der Waals surface area contributed by atoms with Crippen molar-refractivity contribution >= 4 is 68.1 Å². The van der Waals surface area contributed by atoms with Gasteiger partial charge in [0.25, 0.3) is 10.0 Å². The lowest BCUT2D eigenvalue weighted by molar-refractivity contribution is -0.117. The summed E-state index contributed by atoms with van der Waals surface area (Å²) in [4.78, 5) is 23.1. The molecule has 1 aliphatic heterocycles. The number of fused-ring (bicyclic) bond motifs is 1. The first-order valence-electron chi connectivity index (χ1n) is 6.65. The molecule has 1 unspecified atom stereocenters. The molecule has 6 nitrogen and oxygen atoms in total. The van der Waals surface area contributed by atoms with E-state index in [9.17, 15) is 18.0 Å². The highest BCUT2D eigenvalue weighted by Crippen LogP contribution is 2.40. The van der Waals surface area contributed by atoms with Gasteiger partial charge in [-0.25, -0.2) is 8.42 Å². The monoisotopic (exact) mass is 404 g/mol. The van der Waals surface area contributed by atoms with Crippen molar-refractivity contribution in [1.29, 1.82) is 0 Å². The Balaban J connectivity index is 2.23. The first kappa shape index (κ1) is 17.2. The molecule has 24 heavy (non-hydrogen) atoms. The van der Waals surface area contributed by atoms with Gasteiger partial charge >= 0.3 is 0 Å². The van der Waals surface area contributed by atoms with Crippen LogP contribution in [0.25, 0.3) is 0 Å². The molecule has 1 atom stereocenters. The standard InChI is InChI=1S/C14H10Cl2N2O4S2/c1-7-14(20)17-9-4-8(15)2-3-10(9)18(7)24(21,22)12-5-13(16)23-11(12)6-19/h2-7H,1H3,(H,17,20). The van der Waals surface area contributed by atoms with Crippen LogP contribution in [0.4, 0.5) is 11.4 Å². The Kier molecular flexibility index (Phi) is 4.33. The highest BCUT2D eigenvalue weighted by Gasteiger charge is 2.40. The molecule has 1 aromatic carbocycles. The van der Waals surface area contributed by atoms with Crippen LogP contribution in [0.3, 0.4) is 0 Å². The Labute approximate surface area is 152 Å². The highest BCUT2D eigenvalue weighted by atomic mass is 35.5. The summed E-state index contributed by atoms with van der Waals surface area (Å²) >= 11 is 12.6. The fourth-order valence-electron chi connectivity index (χ4n) is 2.44. The zero-order valence-electron chi connectivity index (χ0n) is 12.1. The van der Waals surface area contributed by atoms with Gasteiger partial charge < -0.3 is 5.32 Å². The average Bonchev–Trinajstić information content (AvgIpc) is 2.90. The van der Waals surface area contributed by atoms with Crippen LogP contribution in [0, 0.1) is 0 Å². The van der Waals surface area contributed by atoms with E-state index >= 15 is 0 Å². The normalized spacial score (nSPS) is 17.4. The van der Waals surface area contributed by atoms with E-state index in [2.05, 4.69) is 5.32 Å². The number of anilines is 2. The number of sulfonamides is 1. The van der Waals surface area contributed by atoms with Crippen LogP contribution >= 0.6 is 34.5 Å². The molecule has 0 spiro atoms. The van der Waals surface area contributed by atoms with Gasteiger partial charge in [-0.1, -0.05) is 23.2 Å². The molecule has 1 aromatic heterocycles. The van der Waals surface area contributed by atoms with Gasteiger partial charge in [0.1, 0.15) is 10.9 Å². The maximum atomic E-state index is 13.1. The van der Waals surface area contributed by atoms with Crippen LogP contribution in [-0.2, 0) is 14.8 Å². The molecule has 1 amide bonds. The minimum Gasteiger partial charge on any atom is -0.322 e. The van der Waals surface area contributed by atoms with Crippen molar-refractivity contribution in [3.8, 4) is 0 Å². The Hall–Kier alpha value is -1.61. The second-order valence-electron chi connectivity index (χ2n) is 5.02. The van der Waals surface area contributed by atoms with Gasteiger partial charge in [-0.2, -0.15) is 0 Å². The van der Waals surface area contributed by atoms with Crippen LogP contribution in [0.2, 0.25) is 9.36 Å². The van der Waals surface area contributed by atoms with Crippen molar-refractivity contribution in [2.45, 2.75) is 17.9 Å². The summed E-state index contributed by atoms with van der Waals surface area (Å²) in [5.41, 5.74) is 0.550. The zero-order chi connectivity index (χ0) is 17.6. The number of hydrogen-bond donors (Lipinski definition) is 1. The van der Waals surface area contributed by atoms with Gasteiger partial charge in [-0.05, 0) is 31.2 Å². The fraction of sp³-hybridized carbons (Fsp3) is 0.143. The number of carbonyl (C=O) groups excluding carboxylic acids is 2. The Bertz CT molecular complexity index is 956. The predicted octanol–water partition coefficient (Wildman–Crippen LogP) is 3.40. The maximum absolute atomic E-state index is 13.1. The van der Waals surface area contributed by atoms with Crippen molar-refractivity contribution < 1.29 is 18.0 Å². The summed E-state index contributed by atoms with van der Waals surface area (Å²) in [7, 11) is -4.17. The Morgan fingerprint density at radius 1 is 1.29 bits per heavy atom. The number of hydrogen-bond acceptors (Lipinski definition) is 5. The molecule has 126 valence electrons. The van der Waals surface area contributed by atoms with Gasteiger partial charge in [0.2, 0.25) is 5.91 Å². The van der Waals surface area contributed by atoms with E-state index in [1.165, 1.54) is 31.2 Å².